The molecule has 0 radical (unpaired) electrons. The number of anilines is 1. The van der Waals surface area contributed by atoms with Crippen molar-refractivity contribution in [2.75, 3.05) is 12.4 Å². The molecular formula is C19H14ClN3O5. The lowest BCUT2D eigenvalue weighted by atomic mass is 10.1. The number of hydrogen-bond donors (Lipinski definition) is 1. The summed E-state index contributed by atoms with van der Waals surface area (Å²) < 4.78 is 6.35. The number of benzene rings is 2. The van der Waals surface area contributed by atoms with Crippen LogP contribution < -0.4 is 5.32 Å². The Bertz CT molecular complexity index is 1060. The first-order chi connectivity index (χ1) is 13.4. The molecule has 0 aliphatic carbocycles. The highest BCUT2D eigenvalue weighted by atomic mass is 35.5. The molecule has 0 aliphatic rings. The molecule has 3 rings (SSSR count). The molecule has 0 aliphatic heterocycles. The summed E-state index contributed by atoms with van der Waals surface area (Å²) in [7, 11) is 1.15. The fourth-order valence-corrected chi connectivity index (χ4v) is 2.76. The minimum Gasteiger partial charge on any atom is -0.465 e. The summed E-state index contributed by atoms with van der Waals surface area (Å²) in [4.78, 5) is 35.0. The molecule has 9 heteroatoms. The number of hydrogen-bond acceptors (Lipinski definition) is 5. The van der Waals surface area contributed by atoms with Gasteiger partial charge in [0.25, 0.3) is 11.6 Å². The average Bonchev–Trinajstić information content (AvgIpc) is 3.22. The Kier molecular flexibility index (Phi) is 5.42. The second-order valence-corrected chi connectivity index (χ2v) is 6.16. The maximum absolute atomic E-state index is 12.7. The first kappa shape index (κ1) is 19.1. The largest absolute Gasteiger partial charge is 0.465 e. The highest BCUT2D eigenvalue weighted by Crippen LogP contribution is 2.26. The summed E-state index contributed by atoms with van der Waals surface area (Å²) in [6.45, 7) is 0. The summed E-state index contributed by atoms with van der Waals surface area (Å²) in [5.41, 5.74) is 0.516. The zero-order valence-electron chi connectivity index (χ0n) is 14.6. The van der Waals surface area contributed by atoms with Gasteiger partial charge in [-0.05, 0) is 36.4 Å². The normalized spacial score (nSPS) is 10.4. The Labute approximate surface area is 164 Å². The molecule has 1 aromatic heterocycles. The van der Waals surface area contributed by atoms with E-state index >= 15 is 0 Å². The van der Waals surface area contributed by atoms with Crippen molar-refractivity contribution in [3.8, 4) is 5.69 Å². The van der Waals surface area contributed by atoms with Gasteiger partial charge in [0.2, 0.25) is 0 Å². The summed E-state index contributed by atoms with van der Waals surface area (Å²) >= 11 is 6.06. The number of nitrogens with one attached hydrogen (secondary N) is 1. The molecule has 1 N–H and O–H groups in total. The third-order valence-electron chi connectivity index (χ3n) is 3.90. The number of esters is 1. The lowest BCUT2D eigenvalue weighted by Gasteiger charge is -2.13. The molecule has 0 unspecified atom stereocenters. The Morgan fingerprint density at radius 2 is 1.79 bits per heavy atom. The van der Waals surface area contributed by atoms with E-state index in [9.17, 15) is 19.7 Å². The first-order valence-electron chi connectivity index (χ1n) is 8.01. The van der Waals surface area contributed by atoms with Gasteiger partial charge in [-0.3, -0.25) is 14.9 Å². The van der Waals surface area contributed by atoms with Crippen LogP contribution in [0.15, 0.2) is 60.9 Å². The number of nitro benzene ring substituents is 1. The minimum absolute atomic E-state index is 0.0528. The number of non-ortho nitro benzene ring substituents is 1. The topological polar surface area (TPSA) is 103 Å². The number of rotatable bonds is 5. The predicted octanol–water partition coefficient (Wildman–Crippen LogP) is 4.08. The van der Waals surface area contributed by atoms with Gasteiger partial charge in [0.05, 0.1) is 29.0 Å². The lowest BCUT2D eigenvalue weighted by molar-refractivity contribution is -0.384. The van der Waals surface area contributed by atoms with Crippen molar-refractivity contribution in [1.82, 2.24) is 4.57 Å². The second kappa shape index (κ2) is 7.93. The van der Waals surface area contributed by atoms with Crippen LogP contribution in [-0.2, 0) is 4.74 Å². The number of ether oxygens (including phenoxy) is 1. The van der Waals surface area contributed by atoms with Crippen molar-refractivity contribution in [2.24, 2.45) is 0 Å². The van der Waals surface area contributed by atoms with Crippen molar-refractivity contribution in [2.45, 2.75) is 0 Å². The van der Waals surface area contributed by atoms with Gasteiger partial charge in [-0.1, -0.05) is 11.6 Å². The van der Waals surface area contributed by atoms with Crippen molar-refractivity contribution in [1.29, 1.82) is 0 Å². The number of carbonyl (C=O) groups is 2. The van der Waals surface area contributed by atoms with E-state index in [1.807, 2.05) is 12.1 Å². The van der Waals surface area contributed by atoms with Crippen LogP contribution in [-0.4, -0.2) is 28.5 Å². The van der Waals surface area contributed by atoms with Gasteiger partial charge in [-0.25, -0.2) is 4.79 Å². The van der Waals surface area contributed by atoms with Gasteiger partial charge in [0.1, 0.15) is 0 Å². The Balaban J connectivity index is 1.99. The fraction of sp³-hybridized carbons (Fsp3) is 0.0526. The lowest BCUT2D eigenvalue weighted by Crippen LogP contribution is -2.15. The smallest absolute Gasteiger partial charge is 0.338 e. The van der Waals surface area contributed by atoms with Gasteiger partial charge in [-0.2, -0.15) is 0 Å². The molecule has 0 bridgehead atoms. The standard InChI is InChI=1S/C19H14ClN3O5/c1-28-19(25)13-8-12(9-15(10-13)23(26)27)18(24)21-16-5-4-14(20)11-17(16)22-6-2-3-7-22/h2-11H,1H3,(H,21,24). The summed E-state index contributed by atoms with van der Waals surface area (Å²) in [6, 6.07) is 11.9. The summed E-state index contributed by atoms with van der Waals surface area (Å²) in [5, 5.41) is 14.3. The molecule has 2 aromatic carbocycles. The molecule has 1 amide bonds. The third-order valence-corrected chi connectivity index (χ3v) is 4.14. The van der Waals surface area contributed by atoms with E-state index in [2.05, 4.69) is 10.1 Å². The Hall–Kier alpha value is -3.65. The zero-order chi connectivity index (χ0) is 20.3. The molecule has 0 fully saturated rings. The maximum atomic E-state index is 12.7. The number of amides is 1. The van der Waals surface area contributed by atoms with E-state index in [4.69, 9.17) is 11.6 Å². The molecule has 3 aromatic rings. The quantitative estimate of drug-likeness (QED) is 0.395. The zero-order valence-corrected chi connectivity index (χ0v) is 15.3. The first-order valence-corrected chi connectivity index (χ1v) is 8.39. The van der Waals surface area contributed by atoms with Crippen LogP contribution in [0.2, 0.25) is 5.02 Å². The predicted molar refractivity (Wildman–Crippen MR) is 103 cm³/mol. The molecule has 0 spiro atoms. The minimum atomic E-state index is -0.780. The number of nitrogens with zero attached hydrogens (tertiary/aromatic N) is 2. The van der Waals surface area contributed by atoms with Crippen LogP contribution in [0.3, 0.4) is 0 Å². The van der Waals surface area contributed by atoms with Crippen LogP contribution >= 0.6 is 11.6 Å². The monoisotopic (exact) mass is 399 g/mol. The van der Waals surface area contributed by atoms with E-state index in [1.54, 1.807) is 35.2 Å². The number of carbonyl (C=O) groups excluding carboxylic acids is 2. The van der Waals surface area contributed by atoms with E-state index in [0.29, 0.717) is 16.4 Å². The van der Waals surface area contributed by atoms with Gasteiger partial charge in [0, 0.05) is 35.1 Å². The van der Waals surface area contributed by atoms with Gasteiger partial charge >= 0.3 is 5.97 Å². The Morgan fingerprint density at radius 1 is 1.11 bits per heavy atom. The molecule has 0 saturated heterocycles. The number of methoxy groups -OCH3 is 1. The molecule has 8 nitrogen and oxygen atoms in total. The number of aromatic nitrogens is 1. The van der Waals surface area contributed by atoms with Gasteiger partial charge in [0.15, 0.2) is 0 Å². The van der Waals surface area contributed by atoms with Gasteiger partial charge < -0.3 is 14.6 Å². The number of halogens is 1. The molecule has 142 valence electrons. The van der Waals surface area contributed by atoms with E-state index in [1.165, 1.54) is 6.07 Å². The SMILES string of the molecule is COC(=O)c1cc(C(=O)Nc2ccc(Cl)cc2-n2cccc2)cc([N+](=O)[O-])c1. The highest BCUT2D eigenvalue weighted by Gasteiger charge is 2.19. The third kappa shape index (κ3) is 4.02. The van der Waals surface area contributed by atoms with Crippen LogP contribution in [0, 0.1) is 10.1 Å². The fourth-order valence-electron chi connectivity index (χ4n) is 2.60. The molecule has 0 saturated carbocycles. The van der Waals surface area contributed by atoms with Crippen LogP contribution in [0.1, 0.15) is 20.7 Å². The summed E-state index contributed by atoms with van der Waals surface area (Å²) in [5.74, 6) is -1.40. The van der Waals surface area contributed by atoms with Gasteiger partial charge in [-0.15, -0.1) is 0 Å². The number of nitro groups is 1. The van der Waals surface area contributed by atoms with Crippen molar-refractivity contribution < 1.29 is 19.2 Å². The average molecular weight is 400 g/mol. The van der Waals surface area contributed by atoms with E-state index in [-0.39, 0.29) is 11.1 Å². The van der Waals surface area contributed by atoms with Crippen LogP contribution in [0.5, 0.6) is 0 Å². The Morgan fingerprint density at radius 3 is 2.43 bits per heavy atom. The molecule has 1 heterocycles. The van der Waals surface area contributed by atoms with Crippen molar-refractivity contribution >= 4 is 34.9 Å². The maximum Gasteiger partial charge on any atom is 0.338 e. The van der Waals surface area contributed by atoms with E-state index < -0.39 is 22.5 Å². The second-order valence-electron chi connectivity index (χ2n) is 5.72. The molecular weight excluding hydrogens is 386 g/mol. The van der Waals surface area contributed by atoms with Crippen LogP contribution in [0.25, 0.3) is 5.69 Å². The van der Waals surface area contributed by atoms with Crippen LogP contribution in [0.4, 0.5) is 11.4 Å². The van der Waals surface area contributed by atoms with Crippen molar-refractivity contribution in [3.05, 3.63) is 87.2 Å². The summed E-state index contributed by atoms with van der Waals surface area (Å²) in [6.07, 6.45) is 3.56. The van der Waals surface area contributed by atoms with Crippen molar-refractivity contribution in [3.63, 3.8) is 0 Å². The molecule has 0 atom stereocenters. The molecule has 28 heavy (non-hydrogen) atoms. The van der Waals surface area contributed by atoms with E-state index in [0.717, 1.165) is 19.2 Å². The highest BCUT2D eigenvalue weighted by molar-refractivity contribution is 6.31.